The smallest absolute Gasteiger partial charge is 0.271 e. The quantitative estimate of drug-likeness (QED) is 0.352. The molecule has 3 rings (SSSR count). The molecule has 1 aliphatic heterocycles. The van der Waals surface area contributed by atoms with Gasteiger partial charge in [0.05, 0.1) is 17.6 Å². The van der Waals surface area contributed by atoms with E-state index in [0.29, 0.717) is 18.1 Å². The number of piperidine rings is 1. The first kappa shape index (κ1) is 23.6. The number of nitrogens with one attached hydrogen (secondary N) is 2. The number of carbonyl (C=O) groups is 2. The van der Waals surface area contributed by atoms with Crippen LogP contribution in [0.5, 0.6) is 0 Å². The second-order valence-electron chi connectivity index (χ2n) is 7.67. The van der Waals surface area contributed by atoms with Gasteiger partial charge in [-0.25, -0.2) is 23.4 Å². The minimum Gasteiger partial charge on any atom is -0.364 e. The van der Waals surface area contributed by atoms with Gasteiger partial charge in [-0.2, -0.15) is 0 Å². The zero-order valence-corrected chi connectivity index (χ0v) is 18.8. The number of likely N-dealkylation sites (N-methyl/N-ethyl adjacent to an activating group) is 1. The van der Waals surface area contributed by atoms with Crippen LogP contribution in [0, 0.1) is 0 Å². The first-order chi connectivity index (χ1) is 15.2. The second kappa shape index (κ2) is 10.0. The third-order valence-electron chi connectivity index (χ3n) is 5.04. The summed E-state index contributed by atoms with van der Waals surface area (Å²) in [6, 6.07) is 6.23. The van der Waals surface area contributed by atoms with E-state index in [2.05, 4.69) is 20.7 Å². The van der Waals surface area contributed by atoms with Crippen LogP contribution in [-0.4, -0.2) is 74.6 Å². The standard InChI is InChI=1S/C20H27N7O4S/c1-26(10-11-28)25-15-4-3-9-27(13-15)17-12-22-18(19(21)29)20(24-17)23-14-5-7-16(8-6-14)32(2,30)31/h5-8,11-12,15,25H,3-4,9-10,13H2,1-2H3,(H2,21,29)(H,23,24)/t15-/m1/s1. The molecule has 1 aromatic heterocycles. The van der Waals surface area contributed by atoms with E-state index in [9.17, 15) is 18.0 Å². The Bertz CT molecular complexity index is 1080. The lowest BCUT2D eigenvalue weighted by molar-refractivity contribution is -0.109. The number of nitrogens with zero attached hydrogens (tertiary/aromatic N) is 4. The molecule has 0 saturated carbocycles. The molecule has 1 atom stereocenters. The van der Waals surface area contributed by atoms with Crippen LogP contribution in [0.2, 0.25) is 0 Å². The summed E-state index contributed by atoms with van der Waals surface area (Å²) in [6.45, 7) is 1.70. The SMILES string of the molecule is CN(CC=O)N[C@@H]1CCCN(c2cnc(C(N)=O)c(Nc3ccc(S(C)(=O)=O)cc3)n2)C1. The zero-order valence-electron chi connectivity index (χ0n) is 18.0. The van der Waals surface area contributed by atoms with Crippen molar-refractivity contribution in [2.24, 2.45) is 5.73 Å². The van der Waals surface area contributed by atoms with Crippen LogP contribution < -0.4 is 21.4 Å². The van der Waals surface area contributed by atoms with Gasteiger partial charge in [-0.3, -0.25) is 10.2 Å². The minimum absolute atomic E-state index is 0.0154. The predicted molar refractivity (Wildman–Crippen MR) is 120 cm³/mol. The maximum atomic E-state index is 11.9. The summed E-state index contributed by atoms with van der Waals surface area (Å²) in [4.78, 5) is 33.6. The number of amides is 1. The van der Waals surface area contributed by atoms with Gasteiger partial charge in [0.2, 0.25) is 0 Å². The van der Waals surface area contributed by atoms with E-state index in [4.69, 9.17) is 5.73 Å². The van der Waals surface area contributed by atoms with E-state index in [0.717, 1.165) is 31.9 Å². The molecule has 1 fully saturated rings. The fraction of sp³-hybridized carbons (Fsp3) is 0.400. The van der Waals surface area contributed by atoms with Gasteiger partial charge >= 0.3 is 0 Å². The Balaban J connectivity index is 1.81. The summed E-state index contributed by atoms with van der Waals surface area (Å²) < 4.78 is 23.3. The predicted octanol–water partition coefficient (Wildman–Crippen LogP) is 0.327. The van der Waals surface area contributed by atoms with E-state index in [1.54, 1.807) is 17.1 Å². The normalized spacial score (nSPS) is 16.7. The molecule has 172 valence electrons. The Kier molecular flexibility index (Phi) is 7.38. The molecule has 2 heterocycles. The molecule has 1 amide bonds. The van der Waals surface area contributed by atoms with Crippen molar-refractivity contribution in [3.05, 3.63) is 36.2 Å². The first-order valence-electron chi connectivity index (χ1n) is 10.1. The monoisotopic (exact) mass is 461 g/mol. The van der Waals surface area contributed by atoms with Crippen molar-refractivity contribution in [2.75, 3.05) is 43.2 Å². The molecule has 32 heavy (non-hydrogen) atoms. The Morgan fingerprint density at radius 1 is 1.34 bits per heavy atom. The number of rotatable bonds is 9. The number of primary amides is 1. The third kappa shape index (κ3) is 5.99. The summed E-state index contributed by atoms with van der Waals surface area (Å²) in [7, 11) is -1.51. The largest absolute Gasteiger partial charge is 0.364 e. The molecule has 2 aromatic rings. The van der Waals surface area contributed by atoms with Crippen molar-refractivity contribution in [1.82, 2.24) is 20.4 Å². The number of anilines is 3. The zero-order chi connectivity index (χ0) is 23.3. The Morgan fingerprint density at radius 2 is 2.06 bits per heavy atom. The number of aromatic nitrogens is 2. The van der Waals surface area contributed by atoms with Crippen molar-refractivity contribution >= 4 is 39.4 Å². The van der Waals surface area contributed by atoms with Crippen LogP contribution in [0.15, 0.2) is 35.4 Å². The highest BCUT2D eigenvalue weighted by Crippen LogP contribution is 2.24. The van der Waals surface area contributed by atoms with Crippen molar-refractivity contribution in [3.8, 4) is 0 Å². The second-order valence-corrected chi connectivity index (χ2v) is 9.69. The Morgan fingerprint density at radius 3 is 2.69 bits per heavy atom. The Hall–Kier alpha value is -3.09. The van der Waals surface area contributed by atoms with E-state index >= 15 is 0 Å². The number of benzene rings is 1. The molecule has 1 aliphatic rings. The number of hydrazine groups is 1. The summed E-state index contributed by atoms with van der Waals surface area (Å²) in [5, 5.41) is 4.76. The number of hydrogen-bond donors (Lipinski definition) is 3. The van der Waals surface area contributed by atoms with E-state index in [1.807, 2.05) is 11.9 Å². The van der Waals surface area contributed by atoms with E-state index in [1.165, 1.54) is 18.3 Å². The topological polar surface area (TPSA) is 151 Å². The van der Waals surface area contributed by atoms with Gasteiger partial charge in [0.1, 0.15) is 12.1 Å². The lowest BCUT2D eigenvalue weighted by Gasteiger charge is -2.35. The number of sulfone groups is 1. The molecule has 1 aromatic carbocycles. The summed E-state index contributed by atoms with van der Waals surface area (Å²) in [5.41, 5.74) is 9.29. The van der Waals surface area contributed by atoms with Crippen molar-refractivity contribution in [2.45, 2.75) is 23.8 Å². The van der Waals surface area contributed by atoms with Crippen LogP contribution in [0.3, 0.4) is 0 Å². The van der Waals surface area contributed by atoms with Crippen LogP contribution in [0.1, 0.15) is 23.3 Å². The summed E-state index contributed by atoms with van der Waals surface area (Å²) >= 11 is 0. The molecule has 0 radical (unpaired) electrons. The molecule has 12 heteroatoms. The molecule has 4 N–H and O–H groups in total. The highest BCUT2D eigenvalue weighted by Gasteiger charge is 2.23. The lowest BCUT2D eigenvalue weighted by atomic mass is 10.1. The number of hydrogen-bond acceptors (Lipinski definition) is 10. The van der Waals surface area contributed by atoms with Crippen LogP contribution in [0.25, 0.3) is 0 Å². The fourth-order valence-corrected chi connectivity index (χ4v) is 4.12. The number of aldehydes is 1. The van der Waals surface area contributed by atoms with Gasteiger partial charge < -0.3 is 20.7 Å². The van der Waals surface area contributed by atoms with Crippen LogP contribution in [-0.2, 0) is 14.6 Å². The van der Waals surface area contributed by atoms with Gasteiger partial charge in [-0.1, -0.05) is 0 Å². The average Bonchev–Trinajstić information content (AvgIpc) is 2.73. The Labute approximate surface area is 186 Å². The molecule has 11 nitrogen and oxygen atoms in total. The number of nitrogens with two attached hydrogens (primary N) is 1. The maximum Gasteiger partial charge on any atom is 0.271 e. The van der Waals surface area contributed by atoms with Gasteiger partial charge in [0.25, 0.3) is 5.91 Å². The van der Waals surface area contributed by atoms with Gasteiger partial charge in [-0.05, 0) is 37.1 Å². The molecule has 0 unspecified atom stereocenters. The molecule has 0 bridgehead atoms. The number of carbonyl (C=O) groups excluding carboxylic acids is 2. The van der Waals surface area contributed by atoms with Crippen LogP contribution in [0.4, 0.5) is 17.3 Å². The highest BCUT2D eigenvalue weighted by molar-refractivity contribution is 7.90. The summed E-state index contributed by atoms with van der Waals surface area (Å²) in [5.74, 6) is 0.0399. The molecule has 0 spiro atoms. The van der Waals surface area contributed by atoms with Gasteiger partial charge in [0, 0.05) is 38.1 Å². The van der Waals surface area contributed by atoms with E-state index < -0.39 is 15.7 Å². The minimum atomic E-state index is -3.32. The van der Waals surface area contributed by atoms with E-state index in [-0.39, 0.29) is 29.0 Å². The van der Waals surface area contributed by atoms with Crippen LogP contribution >= 0.6 is 0 Å². The lowest BCUT2D eigenvalue weighted by Crippen LogP contribution is -2.51. The van der Waals surface area contributed by atoms with Crippen molar-refractivity contribution in [3.63, 3.8) is 0 Å². The molecular formula is C20H27N7O4S. The van der Waals surface area contributed by atoms with Crippen molar-refractivity contribution < 1.29 is 18.0 Å². The molecule has 0 aliphatic carbocycles. The maximum absolute atomic E-state index is 11.9. The molecule has 1 saturated heterocycles. The third-order valence-corrected chi connectivity index (χ3v) is 6.16. The first-order valence-corrected chi connectivity index (χ1v) is 12.0. The average molecular weight is 462 g/mol. The summed E-state index contributed by atoms with van der Waals surface area (Å²) in [6.07, 6.45) is 5.34. The van der Waals surface area contributed by atoms with Crippen molar-refractivity contribution in [1.29, 1.82) is 0 Å². The fourth-order valence-electron chi connectivity index (χ4n) is 3.49. The highest BCUT2D eigenvalue weighted by atomic mass is 32.2. The van der Waals surface area contributed by atoms with Gasteiger partial charge in [-0.15, -0.1) is 0 Å². The van der Waals surface area contributed by atoms with Gasteiger partial charge in [0.15, 0.2) is 21.3 Å². The molecular weight excluding hydrogens is 434 g/mol.